The fraction of sp³-hybridized carbons (Fsp3) is 0.235. The number of amides is 1. The van der Waals surface area contributed by atoms with Crippen molar-refractivity contribution in [3.8, 4) is 5.75 Å². The molecular weight excluding hydrogens is 364 g/mol. The van der Waals surface area contributed by atoms with Gasteiger partial charge in [0.15, 0.2) is 6.10 Å². The normalized spacial score (nSPS) is 12.4. The number of hydrogen-bond donors (Lipinski definition) is 2. The molecule has 0 saturated heterocycles. The number of halogens is 1. The number of primary sulfonamides is 1. The molecule has 8 heteroatoms. The molecule has 0 spiro atoms. The summed E-state index contributed by atoms with van der Waals surface area (Å²) in [6.45, 7) is 2.05. The van der Waals surface area contributed by atoms with E-state index in [9.17, 15) is 13.2 Å². The summed E-state index contributed by atoms with van der Waals surface area (Å²) in [7, 11) is -3.69. The van der Waals surface area contributed by atoms with Crippen molar-refractivity contribution in [3.05, 3.63) is 59.1 Å². The SMILES string of the molecule is C[C@@H](Oc1cccc(Cl)c1)C(=O)NCCc1ccc(S(N)(=O)=O)cc1. The summed E-state index contributed by atoms with van der Waals surface area (Å²) in [6.07, 6.45) is -0.108. The number of carbonyl (C=O) groups excluding carboxylic acids is 1. The average Bonchev–Trinajstić information content (AvgIpc) is 2.54. The van der Waals surface area contributed by atoms with Crippen LogP contribution in [0.3, 0.4) is 0 Å². The summed E-state index contributed by atoms with van der Waals surface area (Å²) in [5, 5.41) is 8.35. The number of nitrogens with one attached hydrogen (secondary N) is 1. The molecule has 1 atom stereocenters. The van der Waals surface area contributed by atoms with E-state index in [1.165, 1.54) is 12.1 Å². The van der Waals surface area contributed by atoms with Gasteiger partial charge in [-0.1, -0.05) is 29.8 Å². The van der Waals surface area contributed by atoms with Crippen LogP contribution >= 0.6 is 11.6 Å². The molecule has 1 amide bonds. The van der Waals surface area contributed by atoms with Crippen LogP contribution in [0.4, 0.5) is 0 Å². The zero-order valence-corrected chi connectivity index (χ0v) is 15.2. The maximum atomic E-state index is 12.0. The first-order valence-electron chi connectivity index (χ1n) is 7.57. The van der Waals surface area contributed by atoms with Crippen LogP contribution in [0.25, 0.3) is 0 Å². The van der Waals surface area contributed by atoms with Crippen LogP contribution < -0.4 is 15.2 Å². The monoisotopic (exact) mass is 382 g/mol. The van der Waals surface area contributed by atoms with E-state index in [1.807, 2.05) is 0 Å². The van der Waals surface area contributed by atoms with E-state index in [2.05, 4.69) is 5.32 Å². The summed E-state index contributed by atoms with van der Waals surface area (Å²) < 4.78 is 27.9. The Morgan fingerprint density at radius 2 is 1.92 bits per heavy atom. The van der Waals surface area contributed by atoms with Crippen LogP contribution in [0.1, 0.15) is 12.5 Å². The van der Waals surface area contributed by atoms with Crippen LogP contribution in [0.2, 0.25) is 5.02 Å². The third kappa shape index (κ3) is 6.04. The minimum Gasteiger partial charge on any atom is -0.481 e. The topological polar surface area (TPSA) is 98.5 Å². The summed E-state index contributed by atoms with van der Waals surface area (Å²) in [4.78, 5) is 12.1. The molecule has 0 unspecified atom stereocenters. The number of carbonyl (C=O) groups is 1. The van der Waals surface area contributed by atoms with Gasteiger partial charge in [0, 0.05) is 11.6 Å². The maximum absolute atomic E-state index is 12.0. The molecule has 25 heavy (non-hydrogen) atoms. The third-order valence-corrected chi connectivity index (χ3v) is 4.61. The molecule has 134 valence electrons. The van der Waals surface area contributed by atoms with Gasteiger partial charge >= 0.3 is 0 Å². The molecule has 2 rings (SSSR count). The van der Waals surface area contributed by atoms with E-state index in [0.29, 0.717) is 23.7 Å². The molecule has 0 radical (unpaired) electrons. The van der Waals surface area contributed by atoms with Gasteiger partial charge in [-0.3, -0.25) is 4.79 Å². The quantitative estimate of drug-likeness (QED) is 0.766. The van der Waals surface area contributed by atoms with Crippen LogP contribution in [0.5, 0.6) is 5.75 Å². The van der Waals surface area contributed by atoms with E-state index in [4.69, 9.17) is 21.5 Å². The van der Waals surface area contributed by atoms with Crippen LogP contribution in [-0.4, -0.2) is 27.0 Å². The van der Waals surface area contributed by atoms with Crippen molar-refractivity contribution < 1.29 is 17.9 Å². The summed E-state index contributed by atoms with van der Waals surface area (Å²) in [5.41, 5.74) is 0.885. The highest BCUT2D eigenvalue weighted by Gasteiger charge is 2.14. The molecule has 6 nitrogen and oxygen atoms in total. The van der Waals surface area contributed by atoms with Gasteiger partial charge in [-0.15, -0.1) is 0 Å². The molecule has 0 aliphatic rings. The molecule has 0 heterocycles. The average molecular weight is 383 g/mol. The highest BCUT2D eigenvalue weighted by molar-refractivity contribution is 7.89. The molecule has 0 aromatic heterocycles. The van der Waals surface area contributed by atoms with Crippen molar-refractivity contribution >= 4 is 27.5 Å². The van der Waals surface area contributed by atoms with Gasteiger partial charge in [0.25, 0.3) is 5.91 Å². The van der Waals surface area contributed by atoms with Crippen molar-refractivity contribution in [3.63, 3.8) is 0 Å². The molecule has 2 aromatic carbocycles. The highest BCUT2D eigenvalue weighted by atomic mass is 35.5. The lowest BCUT2D eigenvalue weighted by Crippen LogP contribution is -2.37. The number of rotatable bonds is 7. The number of benzene rings is 2. The first kappa shape index (κ1) is 19.2. The van der Waals surface area contributed by atoms with Crippen LogP contribution in [0, 0.1) is 0 Å². The van der Waals surface area contributed by atoms with Gasteiger partial charge in [-0.05, 0) is 49.2 Å². The van der Waals surface area contributed by atoms with E-state index in [-0.39, 0.29) is 10.8 Å². The Bertz CT molecular complexity index is 838. The molecular formula is C17H19ClN2O4S. The summed E-state index contributed by atoms with van der Waals surface area (Å²) in [6, 6.07) is 13.0. The number of sulfonamides is 1. The smallest absolute Gasteiger partial charge is 0.260 e. The zero-order valence-electron chi connectivity index (χ0n) is 13.6. The van der Waals surface area contributed by atoms with Crippen molar-refractivity contribution in [1.29, 1.82) is 0 Å². The highest BCUT2D eigenvalue weighted by Crippen LogP contribution is 2.18. The maximum Gasteiger partial charge on any atom is 0.260 e. The predicted molar refractivity (Wildman–Crippen MR) is 96.1 cm³/mol. The number of hydrogen-bond acceptors (Lipinski definition) is 4. The van der Waals surface area contributed by atoms with Gasteiger partial charge in [0.05, 0.1) is 4.90 Å². The molecule has 0 aliphatic heterocycles. The molecule has 2 aromatic rings. The second-order valence-electron chi connectivity index (χ2n) is 5.45. The van der Waals surface area contributed by atoms with E-state index in [0.717, 1.165) is 5.56 Å². The molecule has 0 fully saturated rings. The lowest BCUT2D eigenvalue weighted by molar-refractivity contribution is -0.127. The molecule has 0 bridgehead atoms. The zero-order chi connectivity index (χ0) is 18.4. The van der Waals surface area contributed by atoms with E-state index < -0.39 is 16.1 Å². The fourth-order valence-electron chi connectivity index (χ4n) is 2.12. The second kappa shape index (κ2) is 8.33. The Morgan fingerprint density at radius 3 is 2.52 bits per heavy atom. The Balaban J connectivity index is 1.81. The number of nitrogens with two attached hydrogens (primary N) is 1. The standard InChI is InChI=1S/C17H19ClN2O4S/c1-12(24-15-4-2-3-14(18)11-15)17(21)20-10-9-13-5-7-16(8-6-13)25(19,22)23/h2-8,11-12H,9-10H2,1H3,(H,20,21)(H2,19,22,23)/t12-/m1/s1. The molecule has 3 N–H and O–H groups in total. The number of ether oxygens (including phenoxy) is 1. The molecule has 0 aliphatic carbocycles. The fourth-order valence-corrected chi connectivity index (χ4v) is 2.81. The van der Waals surface area contributed by atoms with Gasteiger partial charge in [-0.25, -0.2) is 13.6 Å². The van der Waals surface area contributed by atoms with Crippen molar-refractivity contribution in [2.24, 2.45) is 5.14 Å². The second-order valence-corrected chi connectivity index (χ2v) is 7.45. The summed E-state index contributed by atoms with van der Waals surface area (Å²) >= 11 is 5.87. The van der Waals surface area contributed by atoms with E-state index in [1.54, 1.807) is 43.3 Å². The lowest BCUT2D eigenvalue weighted by Gasteiger charge is -2.15. The Kier molecular flexibility index (Phi) is 6.41. The lowest BCUT2D eigenvalue weighted by atomic mass is 10.1. The van der Waals surface area contributed by atoms with Crippen molar-refractivity contribution in [2.75, 3.05) is 6.54 Å². The van der Waals surface area contributed by atoms with Crippen molar-refractivity contribution in [1.82, 2.24) is 5.32 Å². The van der Waals surface area contributed by atoms with Crippen LogP contribution in [0.15, 0.2) is 53.4 Å². The molecule has 0 saturated carbocycles. The minimum absolute atomic E-state index is 0.0591. The van der Waals surface area contributed by atoms with Gasteiger partial charge < -0.3 is 10.1 Å². The Hall–Kier alpha value is -2.09. The Labute approximate surface area is 152 Å². The third-order valence-electron chi connectivity index (χ3n) is 3.44. The first-order chi connectivity index (χ1) is 11.8. The predicted octanol–water partition coefficient (Wildman–Crippen LogP) is 2.11. The van der Waals surface area contributed by atoms with E-state index >= 15 is 0 Å². The first-order valence-corrected chi connectivity index (χ1v) is 9.50. The van der Waals surface area contributed by atoms with Gasteiger partial charge in [0.1, 0.15) is 5.75 Å². The largest absolute Gasteiger partial charge is 0.481 e. The van der Waals surface area contributed by atoms with Gasteiger partial charge in [-0.2, -0.15) is 0 Å². The Morgan fingerprint density at radius 1 is 1.24 bits per heavy atom. The summed E-state index contributed by atoms with van der Waals surface area (Å²) in [5.74, 6) is 0.273. The van der Waals surface area contributed by atoms with Crippen molar-refractivity contribution in [2.45, 2.75) is 24.3 Å². The van der Waals surface area contributed by atoms with Gasteiger partial charge in [0.2, 0.25) is 10.0 Å². The minimum atomic E-state index is -3.69. The van der Waals surface area contributed by atoms with Crippen LogP contribution in [-0.2, 0) is 21.2 Å².